The van der Waals surface area contributed by atoms with Crippen molar-refractivity contribution in [1.29, 1.82) is 0 Å². The maximum Gasteiger partial charge on any atom is 0.272 e. The van der Waals surface area contributed by atoms with Crippen LogP contribution in [0.5, 0.6) is 0 Å². The van der Waals surface area contributed by atoms with Gasteiger partial charge in [-0.3, -0.25) is 14.9 Å². The van der Waals surface area contributed by atoms with E-state index in [4.69, 9.17) is 0 Å². The first kappa shape index (κ1) is 15.4. The molecule has 1 N–H and O–H groups in total. The lowest BCUT2D eigenvalue weighted by atomic mass is 10.1. The summed E-state index contributed by atoms with van der Waals surface area (Å²) >= 11 is 2.16. The van der Waals surface area contributed by atoms with Crippen molar-refractivity contribution in [2.24, 2.45) is 0 Å². The number of rotatable bonds is 3. The van der Waals surface area contributed by atoms with E-state index in [0.717, 1.165) is 9.26 Å². The third kappa shape index (κ3) is 3.54. The van der Waals surface area contributed by atoms with Crippen molar-refractivity contribution in [2.45, 2.75) is 13.8 Å². The van der Waals surface area contributed by atoms with Crippen LogP contribution in [-0.4, -0.2) is 15.8 Å². The molecule has 1 heterocycles. The number of carbonyl (C=O) groups is 1. The maximum absolute atomic E-state index is 12.1. The Bertz CT molecular complexity index is 731. The predicted molar refractivity (Wildman–Crippen MR) is 87.5 cm³/mol. The minimum atomic E-state index is -0.471. The average molecular weight is 397 g/mol. The molecule has 0 saturated carbocycles. The average Bonchev–Trinajstić information content (AvgIpc) is 2.42. The summed E-state index contributed by atoms with van der Waals surface area (Å²) in [6, 6.07) is 7.83. The molecule has 2 aromatic rings. The second kappa shape index (κ2) is 6.17. The lowest BCUT2D eigenvalue weighted by Gasteiger charge is -2.07. The number of carbonyl (C=O) groups excluding carboxylic acids is 1. The number of benzene rings is 1. The Hall–Kier alpha value is -2.03. The third-order valence-corrected chi connectivity index (χ3v) is 4.06. The zero-order valence-electron chi connectivity index (χ0n) is 11.4. The van der Waals surface area contributed by atoms with Gasteiger partial charge >= 0.3 is 0 Å². The number of hydrogen-bond acceptors (Lipinski definition) is 4. The fourth-order valence-electron chi connectivity index (χ4n) is 1.80. The predicted octanol–water partition coefficient (Wildman–Crippen LogP) is 3.46. The molecule has 0 bridgehead atoms. The highest BCUT2D eigenvalue weighted by atomic mass is 127. The number of aryl methyl sites for hydroxylation is 2. The normalized spacial score (nSPS) is 10.2. The van der Waals surface area contributed by atoms with E-state index in [-0.39, 0.29) is 11.6 Å². The Balaban J connectivity index is 2.22. The second-order valence-corrected chi connectivity index (χ2v) is 5.64. The van der Waals surface area contributed by atoms with Gasteiger partial charge in [-0.25, -0.2) is 4.98 Å². The minimum Gasteiger partial charge on any atom is -0.307 e. The van der Waals surface area contributed by atoms with E-state index in [2.05, 4.69) is 32.9 Å². The topological polar surface area (TPSA) is 85.1 Å². The maximum atomic E-state index is 12.1. The van der Waals surface area contributed by atoms with Crippen LogP contribution in [0.1, 0.15) is 21.6 Å². The van der Waals surface area contributed by atoms with Crippen molar-refractivity contribution >= 4 is 40.0 Å². The highest BCUT2D eigenvalue weighted by Gasteiger charge is 2.14. The number of aromatic nitrogens is 1. The summed E-state index contributed by atoms with van der Waals surface area (Å²) in [5.74, 6) is 0.107. The number of nitrogens with one attached hydrogen (secondary N) is 1. The molecule has 1 aromatic heterocycles. The molecule has 108 valence electrons. The van der Waals surface area contributed by atoms with Gasteiger partial charge in [0.1, 0.15) is 5.82 Å². The Kier molecular flexibility index (Phi) is 4.51. The van der Waals surface area contributed by atoms with Crippen molar-refractivity contribution < 1.29 is 9.72 Å². The van der Waals surface area contributed by atoms with E-state index < -0.39 is 4.92 Å². The second-order valence-electron chi connectivity index (χ2n) is 4.48. The summed E-state index contributed by atoms with van der Waals surface area (Å²) in [5.41, 5.74) is 1.62. The van der Waals surface area contributed by atoms with Gasteiger partial charge < -0.3 is 5.32 Å². The first-order valence-corrected chi connectivity index (χ1v) is 7.16. The standard InChI is InChI=1S/C14H12IN3O3/c1-8-7-10(3-5-12(8)18(20)21)14(19)17-13-6-4-11(15)9(2)16-13/h3-7H,1-2H3,(H,16,17,19). The molecule has 2 rings (SSSR count). The lowest BCUT2D eigenvalue weighted by molar-refractivity contribution is -0.385. The van der Waals surface area contributed by atoms with Crippen molar-refractivity contribution in [3.05, 3.63) is 60.8 Å². The zero-order chi connectivity index (χ0) is 15.6. The lowest BCUT2D eigenvalue weighted by Crippen LogP contribution is -2.13. The van der Waals surface area contributed by atoms with Crippen LogP contribution in [0, 0.1) is 27.5 Å². The highest BCUT2D eigenvalue weighted by molar-refractivity contribution is 14.1. The molecule has 1 aromatic carbocycles. The van der Waals surface area contributed by atoms with Gasteiger partial charge in [-0.2, -0.15) is 0 Å². The molecule has 0 spiro atoms. The van der Waals surface area contributed by atoms with Gasteiger partial charge in [-0.05, 0) is 60.7 Å². The van der Waals surface area contributed by atoms with Crippen LogP contribution in [0.25, 0.3) is 0 Å². The number of nitrogens with zero attached hydrogens (tertiary/aromatic N) is 2. The molecule has 0 fully saturated rings. The van der Waals surface area contributed by atoms with Crippen molar-refractivity contribution in [3.8, 4) is 0 Å². The molecule has 1 amide bonds. The number of hydrogen-bond donors (Lipinski definition) is 1. The molecular weight excluding hydrogens is 385 g/mol. The van der Waals surface area contributed by atoms with Gasteiger partial charge in [0.25, 0.3) is 11.6 Å². The molecule has 7 heteroatoms. The summed E-state index contributed by atoms with van der Waals surface area (Å²) in [6.07, 6.45) is 0. The molecule has 0 atom stereocenters. The van der Waals surface area contributed by atoms with Gasteiger partial charge in [-0.15, -0.1) is 0 Å². The monoisotopic (exact) mass is 397 g/mol. The summed E-state index contributed by atoms with van der Waals surface area (Å²) in [6.45, 7) is 3.45. The number of anilines is 1. The van der Waals surface area contributed by atoms with E-state index in [1.54, 1.807) is 13.0 Å². The van der Waals surface area contributed by atoms with Crippen LogP contribution >= 0.6 is 22.6 Å². The molecule has 0 aliphatic rings. The summed E-state index contributed by atoms with van der Waals surface area (Å²) in [5, 5.41) is 13.4. The van der Waals surface area contributed by atoms with E-state index in [1.807, 2.05) is 13.0 Å². The van der Waals surface area contributed by atoms with E-state index in [0.29, 0.717) is 16.9 Å². The number of amides is 1. The van der Waals surface area contributed by atoms with Crippen molar-refractivity contribution in [1.82, 2.24) is 4.98 Å². The number of nitro groups is 1. The fraction of sp³-hybridized carbons (Fsp3) is 0.143. The molecular formula is C14H12IN3O3. The number of pyridine rings is 1. The summed E-state index contributed by atoms with van der Waals surface area (Å²) in [7, 11) is 0. The van der Waals surface area contributed by atoms with Gasteiger partial charge in [0.05, 0.1) is 10.6 Å². The van der Waals surface area contributed by atoms with Crippen LogP contribution in [0.2, 0.25) is 0 Å². The number of nitro benzene ring substituents is 1. The van der Waals surface area contributed by atoms with E-state index in [9.17, 15) is 14.9 Å². The third-order valence-electron chi connectivity index (χ3n) is 2.92. The molecule has 21 heavy (non-hydrogen) atoms. The Labute approximate surface area is 134 Å². The Morgan fingerprint density at radius 3 is 2.57 bits per heavy atom. The quantitative estimate of drug-likeness (QED) is 0.488. The number of halogens is 1. The van der Waals surface area contributed by atoms with Crippen LogP contribution in [0.3, 0.4) is 0 Å². The smallest absolute Gasteiger partial charge is 0.272 e. The van der Waals surface area contributed by atoms with Crippen molar-refractivity contribution in [3.63, 3.8) is 0 Å². The first-order valence-electron chi connectivity index (χ1n) is 6.08. The molecule has 0 saturated heterocycles. The molecule has 0 radical (unpaired) electrons. The van der Waals surface area contributed by atoms with Gasteiger partial charge in [0, 0.05) is 20.8 Å². The molecule has 0 unspecified atom stereocenters. The van der Waals surface area contributed by atoms with Gasteiger partial charge in [0.2, 0.25) is 0 Å². The van der Waals surface area contributed by atoms with Crippen LogP contribution < -0.4 is 5.32 Å². The molecule has 0 aliphatic carbocycles. The van der Waals surface area contributed by atoms with Gasteiger partial charge in [0.15, 0.2) is 0 Å². The summed E-state index contributed by atoms with van der Waals surface area (Å²) < 4.78 is 1.01. The van der Waals surface area contributed by atoms with E-state index >= 15 is 0 Å². The molecule has 0 aliphatic heterocycles. The van der Waals surface area contributed by atoms with Crippen LogP contribution in [0.15, 0.2) is 30.3 Å². The highest BCUT2D eigenvalue weighted by Crippen LogP contribution is 2.20. The first-order chi connectivity index (χ1) is 9.88. The van der Waals surface area contributed by atoms with Crippen molar-refractivity contribution in [2.75, 3.05) is 5.32 Å². The fourth-order valence-corrected chi connectivity index (χ4v) is 2.10. The Morgan fingerprint density at radius 1 is 1.29 bits per heavy atom. The summed E-state index contributed by atoms with van der Waals surface area (Å²) in [4.78, 5) is 26.7. The Morgan fingerprint density at radius 2 is 2.00 bits per heavy atom. The largest absolute Gasteiger partial charge is 0.307 e. The van der Waals surface area contributed by atoms with Gasteiger partial charge in [-0.1, -0.05) is 0 Å². The minimum absolute atomic E-state index is 0.00483. The molecule has 6 nitrogen and oxygen atoms in total. The van der Waals surface area contributed by atoms with Crippen LogP contribution in [-0.2, 0) is 0 Å². The zero-order valence-corrected chi connectivity index (χ0v) is 13.5. The SMILES string of the molecule is Cc1cc(C(=O)Nc2ccc(I)c(C)n2)ccc1[N+](=O)[O-]. The van der Waals surface area contributed by atoms with E-state index in [1.165, 1.54) is 18.2 Å². The van der Waals surface area contributed by atoms with Crippen LogP contribution in [0.4, 0.5) is 11.5 Å².